The van der Waals surface area contributed by atoms with E-state index in [1.54, 1.807) is 6.21 Å². The lowest BCUT2D eigenvalue weighted by Gasteiger charge is -2.01. The highest BCUT2D eigenvalue weighted by Gasteiger charge is 1.93. The van der Waals surface area contributed by atoms with Crippen molar-refractivity contribution < 1.29 is 4.74 Å². The molecule has 0 radical (unpaired) electrons. The van der Waals surface area contributed by atoms with Gasteiger partial charge in [-0.2, -0.15) is 10.3 Å². The minimum Gasteiger partial charge on any atom is -0.494 e. The normalized spacial score (nSPS) is 10.6. The number of tetrazole rings is 1. The molecule has 17 heavy (non-hydrogen) atoms. The van der Waals surface area contributed by atoms with Gasteiger partial charge in [0, 0.05) is 0 Å². The molecule has 0 amide bonds. The summed E-state index contributed by atoms with van der Waals surface area (Å²) in [6.07, 6.45) is 1.66. The Bertz CT molecular complexity index is 464. The summed E-state index contributed by atoms with van der Waals surface area (Å²) >= 11 is 0. The fourth-order valence-corrected chi connectivity index (χ4v) is 1.19. The molecule has 0 aliphatic rings. The van der Waals surface area contributed by atoms with Gasteiger partial charge in [-0.3, -0.25) is 0 Å². The minimum atomic E-state index is 0.326. The maximum absolute atomic E-state index is 5.33. The number of hydrazone groups is 1. The third-order valence-corrected chi connectivity index (χ3v) is 1.91. The van der Waals surface area contributed by atoms with Gasteiger partial charge in [-0.1, -0.05) is 5.10 Å². The van der Waals surface area contributed by atoms with Gasteiger partial charge in [0.05, 0.1) is 12.8 Å². The summed E-state index contributed by atoms with van der Waals surface area (Å²) in [6, 6.07) is 7.59. The maximum atomic E-state index is 5.33. The molecule has 0 fully saturated rings. The molecule has 1 aromatic carbocycles. The molecule has 0 spiro atoms. The predicted molar refractivity (Wildman–Crippen MR) is 63.0 cm³/mol. The molecule has 0 bridgehead atoms. The van der Waals surface area contributed by atoms with Crippen LogP contribution >= 0.6 is 0 Å². The number of anilines is 1. The van der Waals surface area contributed by atoms with Crippen LogP contribution in [0.25, 0.3) is 0 Å². The quantitative estimate of drug-likeness (QED) is 0.594. The van der Waals surface area contributed by atoms with E-state index in [0.29, 0.717) is 12.6 Å². The largest absolute Gasteiger partial charge is 0.494 e. The molecule has 0 unspecified atom stereocenters. The molecule has 1 aromatic heterocycles. The predicted octanol–water partition coefficient (Wildman–Crippen LogP) is 1.04. The van der Waals surface area contributed by atoms with Gasteiger partial charge in [0.1, 0.15) is 5.75 Å². The van der Waals surface area contributed by atoms with Crippen molar-refractivity contribution in [3.8, 4) is 5.75 Å². The molecule has 2 aromatic rings. The van der Waals surface area contributed by atoms with E-state index in [-0.39, 0.29) is 0 Å². The van der Waals surface area contributed by atoms with Crippen molar-refractivity contribution >= 4 is 12.2 Å². The second-order valence-corrected chi connectivity index (χ2v) is 3.11. The van der Waals surface area contributed by atoms with Crippen LogP contribution in [0, 0.1) is 0 Å². The number of aromatic amines is 1. The second-order valence-electron chi connectivity index (χ2n) is 3.11. The first-order valence-electron chi connectivity index (χ1n) is 5.14. The fraction of sp³-hybridized carbons (Fsp3) is 0.200. The first-order chi connectivity index (χ1) is 8.38. The molecule has 0 saturated carbocycles. The number of H-pyrrole nitrogens is 1. The van der Waals surface area contributed by atoms with E-state index in [4.69, 9.17) is 4.74 Å². The van der Waals surface area contributed by atoms with Crippen LogP contribution in [0.5, 0.6) is 5.75 Å². The average molecular weight is 232 g/mol. The van der Waals surface area contributed by atoms with Crippen molar-refractivity contribution in [3.05, 3.63) is 29.8 Å². The molecular weight excluding hydrogens is 220 g/mol. The Kier molecular flexibility index (Phi) is 3.64. The molecule has 2 rings (SSSR count). The second kappa shape index (κ2) is 5.59. The first kappa shape index (κ1) is 11.1. The zero-order chi connectivity index (χ0) is 11.9. The van der Waals surface area contributed by atoms with Crippen LogP contribution in [-0.4, -0.2) is 33.4 Å². The van der Waals surface area contributed by atoms with Gasteiger partial charge in [0.15, 0.2) is 0 Å². The van der Waals surface area contributed by atoms with Gasteiger partial charge in [-0.25, -0.2) is 5.43 Å². The Morgan fingerprint density at radius 3 is 2.88 bits per heavy atom. The lowest BCUT2D eigenvalue weighted by atomic mass is 10.2. The van der Waals surface area contributed by atoms with Crippen molar-refractivity contribution in [1.29, 1.82) is 0 Å². The smallest absolute Gasteiger partial charge is 0.283 e. The summed E-state index contributed by atoms with van der Waals surface area (Å²) in [5.41, 5.74) is 3.58. The molecule has 7 nitrogen and oxygen atoms in total. The average Bonchev–Trinajstić information content (AvgIpc) is 2.85. The Morgan fingerprint density at radius 2 is 2.24 bits per heavy atom. The van der Waals surface area contributed by atoms with Gasteiger partial charge in [-0.05, 0) is 42.0 Å². The number of nitrogens with zero attached hydrogens (tertiary/aromatic N) is 4. The lowest BCUT2D eigenvalue weighted by Crippen LogP contribution is -1.93. The summed E-state index contributed by atoms with van der Waals surface area (Å²) in [5, 5.41) is 17.1. The van der Waals surface area contributed by atoms with E-state index in [1.807, 2.05) is 31.2 Å². The Balaban J connectivity index is 1.92. The van der Waals surface area contributed by atoms with Gasteiger partial charge in [-0.15, -0.1) is 5.10 Å². The number of hydrogen-bond acceptors (Lipinski definition) is 6. The zero-order valence-electron chi connectivity index (χ0n) is 9.29. The van der Waals surface area contributed by atoms with E-state index in [1.165, 1.54) is 0 Å². The van der Waals surface area contributed by atoms with Crippen molar-refractivity contribution in [3.63, 3.8) is 0 Å². The van der Waals surface area contributed by atoms with Gasteiger partial charge in [0.25, 0.3) is 5.95 Å². The molecule has 1 heterocycles. The summed E-state index contributed by atoms with van der Waals surface area (Å²) in [6.45, 7) is 2.61. The molecule has 0 atom stereocenters. The standard InChI is InChI=1S/C10H12N6O/c1-2-17-9-5-3-8(4-6-9)7-11-12-10-13-15-16-14-10/h3-7H,2H2,1H3,(H2,12,13,14,15,16)/b11-7+. The van der Waals surface area contributed by atoms with Gasteiger partial charge in [0.2, 0.25) is 0 Å². The molecule has 0 aliphatic heterocycles. The number of aromatic nitrogens is 4. The first-order valence-corrected chi connectivity index (χ1v) is 5.14. The molecule has 0 saturated heterocycles. The van der Waals surface area contributed by atoms with Crippen LogP contribution in [0.1, 0.15) is 12.5 Å². The van der Waals surface area contributed by atoms with E-state index < -0.39 is 0 Å². The van der Waals surface area contributed by atoms with Crippen LogP contribution in [-0.2, 0) is 0 Å². The van der Waals surface area contributed by atoms with Crippen LogP contribution in [0.4, 0.5) is 5.95 Å². The van der Waals surface area contributed by atoms with E-state index in [2.05, 4.69) is 31.2 Å². The van der Waals surface area contributed by atoms with Gasteiger partial charge < -0.3 is 4.74 Å². The number of benzene rings is 1. The van der Waals surface area contributed by atoms with Crippen LogP contribution in [0.2, 0.25) is 0 Å². The third kappa shape index (κ3) is 3.26. The SMILES string of the molecule is CCOc1ccc(/C=N/Nc2nn[nH]n2)cc1. The summed E-state index contributed by atoms with van der Waals surface area (Å²) in [4.78, 5) is 0. The molecule has 7 heteroatoms. The Hall–Kier alpha value is -2.44. The third-order valence-electron chi connectivity index (χ3n) is 1.91. The Morgan fingerprint density at radius 1 is 1.41 bits per heavy atom. The monoisotopic (exact) mass is 232 g/mol. The summed E-state index contributed by atoms with van der Waals surface area (Å²) in [7, 11) is 0. The highest BCUT2D eigenvalue weighted by molar-refractivity contribution is 5.80. The van der Waals surface area contributed by atoms with Crippen molar-refractivity contribution in [2.75, 3.05) is 12.0 Å². The highest BCUT2D eigenvalue weighted by Crippen LogP contribution is 2.10. The van der Waals surface area contributed by atoms with Crippen molar-refractivity contribution in [1.82, 2.24) is 20.6 Å². The van der Waals surface area contributed by atoms with Gasteiger partial charge >= 0.3 is 0 Å². The number of nitrogens with one attached hydrogen (secondary N) is 2. The molecular formula is C10H12N6O. The number of ether oxygens (including phenoxy) is 1. The lowest BCUT2D eigenvalue weighted by molar-refractivity contribution is 0.340. The molecule has 0 aliphatic carbocycles. The zero-order valence-corrected chi connectivity index (χ0v) is 9.29. The van der Waals surface area contributed by atoms with E-state index >= 15 is 0 Å². The topological polar surface area (TPSA) is 88.1 Å². The maximum Gasteiger partial charge on any atom is 0.283 e. The van der Waals surface area contributed by atoms with Crippen molar-refractivity contribution in [2.24, 2.45) is 5.10 Å². The fourth-order valence-electron chi connectivity index (χ4n) is 1.19. The summed E-state index contributed by atoms with van der Waals surface area (Å²) in [5.74, 6) is 1.17. The molecule has 88 valence electrons. The van der Waals surface area contributed by atoms with Crippen LogP contribution in [0.15, 0.2) is 29.4 Å². The number of hydrogen-bond donors (Lipinski definition) is 2. The van der Waals surface area contributed by atoms with E-state index in [9.17, 15) is 0 Å². The van der Waals surface area contributed by atoms with Crippen LogP contribution in [0.3, 0.4) is 0 Å². The summed E-state index contributed by atoms with van der Waals surface area (Å²) < 4.78 is 5.33. The van der Waals surface area contributed by atoms with E-state index in [0.717, 1.165) is 11.3 Å². The van der Waals surface area contributed by atoms with Crippen molar-refractivity contribution in [2.45, 2.75) is 6.92 Å². The molecule has 2 N–H and O–H groups in total. The Labute approximate surface area is 97.9 Å². The minimum absolute atomic E-state index is 0.326. The van der Waals surface area contributed by atoms with Crippen LogP contribution < -0.4 is 10.2 Å². The highest BCUT2D eigenvalue weighted by atomic mass is 16.5. The number of rotatable bonds is 5.